The van der Waals surface area contributed by atoms with E-state index in [2.05, 4.69) is 18.3 Å². The lowest BCUT2D eigenvalue weighted by molar-refractivity contribution is -0.117. The molecule has 140 valence electrons. The van der Waals surface area contributed by atoms with Crippen molar-refractivity contribution in [3.05, 3.63) is 33.7 Å². The lowest BCUT2D eigenvalue weighted by Gasteiger charge is -2.50. The van der Waals surface area contributed by atoms with Crippen LogP contribution < -0.4 is 10.2 Å². The highest BCUT2D eigenvalue weighted by Gasteiger charge is 2.53. The molecule has 1 aromatic carbocycles. The maximum Gasteiger partial charge on any atom is 0.290 e. The summed E-state index contributed by atoms with van der Waals surface area (Å²) in [4.78, 5) is 40.1. The van der Waals surface area contributed by atoms with Gasteiger partial charge in [0.1, 0.15) is 0 Å². The average molecular weight is 382 g/mol. The highest BCUT2D eigenvalue weighted by atomic mass is 32.2. The second-order valence-electron chi connectivity index (χ2n) is 8.33. The van der Waals surface area contributed by atoms with E-state index in [4.69, 9.17) is 0 Å². The van der Waals surface area contributed by atoms with Crippen LogP contribution in [-0.2, 0) is 9.59 Å². The van der Waals surface area contributed by atoms with Gasteiger partial charge < -0.3 is 4.90 Å². The fourth-order valence-electron chi connectivity index (χ4n) is 5.51. The van der Waals surface area contributed by atoms with Crippen molar-refractivity contribution in [3.63, 3.8) is 0 Å². The quantitative estimate of drug-likeness (QED) is 0.682. The van der Waals surface area contributed by atoms with Gasteiger partial charge in [-0.25, -0.2) is 0 Å². The van der Waals surface area contributed by atoms with Crippen LogP contribution in [0.4, 0.5) is 10.5 Å². The number of carbonyl (C=O) groups is 3. The molecule has 3 heterocycles. The van der Waals surface area contributed by atoms with Crippen molar-refractivity contribution in [1.29, 1.82) is 0 Å². The van der Waals surface area contributed by atoms with Gasteiger partial charge in [0.25, 0.3) is 17.1 Å². The van der Waals surface area contributed by atoms with E-state index in [1.165, 1.54) is 12.0 Å². The number of fused-ring (bicyclic) bond motifs is 1. The van der Waals surface area contributed by atoms with Gasteiger partial charge in [-0.1, -0.05) is 37.8 Å². The molecule has 1 aliphatic carbocycles. The molecule has 3 amide bonds. The van der Waals surface area contributed by atoms with Gasteiger partial charge in [-0.2, -0.15) is 0 Å². The minimum atomic E-state index is -0.450. The lowest BCUT2D eigenvalue weighted by Crippen LogP contribution is -2.54. The van der Waals surface area contributed by atoms with Gasteiger partial charge in [0.05, 0.1) is 16.2 Å². The SMILES string of the molecule is Cc1cc2c3c(c1)C(C)CC1(CCCCC1)N3C(=O)C2=C1SC(=O)NC1=O. The molecule has 5 rings (SSSR count). The van der Waals surface area contributed by atoms with Crippen molar-refractivity contribution in [1.82, 2.24) is 5.32 Å². The highest BCUT2D eigenvalue weighted by molar-refractivity contribution is 8.18. The van der Waals surface area contributed by atoms with Gasteiger partial charge >= 0.3 is 0 Å². The number of thioether (sulfide) groups is 1. The fourth-order valence-corrected chi connectivity index (χ4v) is 6.28. The molecule has 1 N–H and O–H groups in total. The van der Waals surface area contributed by atoms with E-state index >= 15 is 0 Å². The van der Waals surface area contributed by atoms with Crippen molar-refractivity contribution in [2.24, 2.45) is 0 Å². The van der Waals surface area contributed by atoms with Gasteiger partial charge in [-0.05, 0) is 55.5 Å². The van der Waals surface area contributed by atoms with E-state index in [0.29, 0.717) is 11.5 Å². The monoisotopic (exact) mass is 382 g/mol. The summed E-state index contributed by atoms with van der Waals surface area (Å²) < 4.78 is 0. The second-order valence-corrected chi connectivity index (χ2v) is 9.31. The standard InChI is InChI=1S/C21H22N2O3S/c1-11-8-13-12(2)10-21(6-4-3-5-7-21)23-16(13)14(9-11)15(19(23)25)17-18(24)22-20(26)27-17/h8-9,12H,3-7,10H2,1-2H3,(H,22,24,26). The summed E-state index contributed by atoms with van der Waals surface area (Å²) in [6.45, 7) is 4.27. The minimum Gasteiger partial charge on any atom is -0.301 e. The van der Waals surface area contributed by atoms with Crippen molar-refractivity contribution in [3.8, 4) is 0 Å². The van der Waals surface area contributed by atoms with Crippen LogP contribution >= 0.6 is 11.8 Å². The number of rotatable bonds is 0. The van der Waals surface area contributed by atoms with Crippen molar-refractivity contribution in [2.75, 3.05) is 4.90 Å². The van der Waals surface area contributed by atoms with Crippen LogP contribution in [0.15, 0.2) is 17.0 Å². The smallest absolute Gasteiger partial charge is 0.290 e. The number of hydrogen-bond acceptors (Lipinski definition) is 4. The number of aryl methyl sites for hydroxylation is 1. The molecule has 4 aliphatic rings. The largest absolute Gasteiger partial charge is 0.301 e. The van der Waals surface area contributed by atoms with E-state index < -0.39 is 11.1 Å². The molecule has 0 radical (unpaired) electrons. The molecule has 27 heavy (non-hydrogen) atoms. The Hall–Kier alpha value is -2.08. The summed E-state index contributed by atoms with van der Waals surface area (Å²) in [6, 6.07) is 4.18. The van der Waals surface area contributed by atoms with Gasteiger partial charge in [-0.3, -0.25) is 19.7 Å². The molecule has 0 bridgehead atoms. The van der Waals surface area contributed by atoms with Crippen LogP contribution in [0, 0.1) is 6.92 Å². The maximum atomic E-state index is 13.7. The Kier molecular flexibility index (Phi) is 3.60. The van der Waals surface area contributed by atoms with E-state index in [9.17, 15) is 14.4 Å². The summed E-state index contributed by atoms with van der Waals surface area (Å²) in [5.74, 6) is -0.177. The van der Waals surface area contributed by atoms with Crippen molar-refractivity contribution >= 4 is 40.1 Å². The van der Waals surface area contributed by atoms with E-state index in [-0.39, 0.29) is 16.4 Å². The Bertz CT molecular complexity index is 943. The van der Waals surface area contributed by atoms with Gasteiger partial charge in [0.2, 0.25) is 0 Å². The van der Waals surface area contributed by atoms with Crippen LogP contribution in [0.1, 0.15) is 68.1 Å². The Labute approximate surface area is 162 Å². The van der Waals surface area contributed by atoms with Gasteiger partial charge in [-0.15, -0.1) is 0 Å². The Balaban J connectivity index is 1.79. The molecule has 5 nitrogen and oxygen atoms in total. The van der Waals surface area contributed by atoms with Crippen molar-refractivity contribution < 1.29 is 14.4 Å². The molecular weight excluding hydrogens is 360 g/mol. The van der Waals surface area contributed by atoms with E-state index in [1.807, 2.05) is 17.9 Å². The predicted octanol–water partition coefficient (Wildman–Crippen LogP) is 4.25. The molecule has 1 aromatic rings. The first-order valence-corrected chi connectivity index (χ1v) is 10.5. The first kappa shape index (κ1) is 17.0. The topological polar surface area (TPSA) is 66.5 Å². The summed E-state index contributed by atoms with van der Waals surface area (Å²) in [5.41, 5.74) is 4.36. The number of carbonyl (C=O) groups excluding carboxylic acids is 3. The zero-order valence-electron chi connectivity index (χ0n) is 15.6. The molecule has 1 saturated heterocycles. The zero-order chi connectivity index (χ0) is 18.9. The maximum absolute atomic E-state index is 13.7. The van der Waals surface area contributed by atoms with Crippen LogP contribution in [0.25, 0.3) is 5.57 Å². The third-order valence-electron chi connectivity index (χ3n) is 6.51. The van der Waals surface area contributed by atoms with E-state index in [0.717, 1.165) is 60.7 Å². The highest BCUT2D eigenvalue weighted by Crippen LogP contribution is 2.57. The number of benzene rings is 1. The number of anilines is 1. The van der Waals surface area contributed by atoms with Crippen LogP contribution in [0.3, 0.4) is 0 Å². The molecule has 1 atom stereocenters. The average Bonchev–Trinajstić information content (AvgIpc) is 3.09. The lowest BCUT2D eigenvalue weighted by atomic mass is 9.70. The first-order chi connectivity index (χ1) is 12.9. The predicted molar refractivity (Wildman–Crippen MR) is 106 cm³/mol. The molecule has 1 saturated carbocycles. The number of nitrogens with one attached hydrogen (secondary N) is 1. The van der Waals surface area contributed by atoms with Gasteiger partial charge in [0, 0.05) is 11.1 Å². The second kappa shape index (κ2) is 5.71. The Morgan fingerprint density at radius 3 is 2.56 bits per heavy atom. The van der Waals surface area contributed by atoms with Gasteiger partial charge in [0.15, 0.2) is 0 Å². The summed E-state index contributed by atoms with van der Waals surface area (Å²) in [6.07, 6.45) is 6.47. The number of imide groups is 1. The third-order valence-corrected chi connectivity index (χ3v) is 7.39. The number of hydrogen-bond donors (Lipinski definition) is 1. The third kappa shape index (κ3) is 2.29. The number of amides is 3. The summed E-state index contributed by atoms with van der Waals surface area (Å²) in [5, 5.41) is 1.91. The molecular formula is C21H22N2O3S. The fraction of sp³-hybridized carbons (Fsp3) is 0.476. The molecule has 1 unspecified atom stereocenters. The Morgan fingerprint density at radius 2 is 1.89 bits per heavy atom. The van der Waals surface area contributed by atoms with Crippen LogP contribution in [0.2, 0.25) is 0 Å². The van der Waals surface area contributed by atoms with Crippen LogP contribution in [0.5, 0.6) is 0 Å². The molecule has 0 aromatic heterocycles. The van der Waals surface area contributed by atoms with Crippen molar-refractivity contribution in [2.45, 2.75) is 63.8 Å². The zero-order valence-corrected chi connectivity index (χ0v) is 16.4. The summed E-state index contributed by atoms with van der Waals surface area (Å²) in [7, 11) is 0. The first-order valence-electron chi connectivity index (χ1n) is 9.68. The molecule has 6 heteroatoms. The molecule has 3 aliphatic heterocycles. The molecule has 2 fully saturated rings. The minimum absolute atomic E-state index is 0.0991. The van der Waals surface area contributed by atoms with Crippen LogP contribution in [-0.4, -0.2) is 22.6 Å². The molecule has 1 spiro atoms. The normalized spacial score (nSPS) is 28.7. The summed E-state index contributed by atoms with van der Waals surface area (Å²) >= 11 is 0.851. The van der Waals surface area contributed by atoms with E-state index in [1.54, 1.807) is 0 Å². The number of nitrogens with zero attached hydrogens (tertiary/aromatic N) is 1. The Morgan fingerprint density at radius 1 is 1.15 bits per heavy atom.